The fourth-order valence-corrected chi connectivity index (χ4v) is 9.96. The molecule has 0 radical (unpaired) electrons. The topological polar surface area (TPSA) is 55.4 Å². The Morgan fingerprint density at radius 2 is 0.870 bits per heavy atom. The van der Waals surface area contributed by atoms with E-state index in [9.17, 15) is 0 Å². The van der Waals surface area contributed by atoms with Gasteiger partial charge in [-0.25, -0.2) is 0 Å². The average molecular weight is 443 g/mol. The van der Waals surface area contributed by atoms with Crippen molar-refractivity contribution in [2.24, 2.45) is 0 Å². The molecule has 0 aromatic rings. The molecule has 0 saturated heterocycles. The maximum absolute atomic E-state index is 6.26. The minimum atomic E-state index is -3.70. The number of rotatable bonds is 15. The molecule has 140 valence electrons. The van der Waals surface area contributed by atoms with Crippen LogP contribution in [0.5, 0.6) is 0 Å². The van der Waals surface area contributed by atoms with E-state index >= 15 is 0 Å². The van der Waals surface area contributed by atoms with Crippen LogP contribution in [0.2, 0.25) is 3.43 Å². The molecule has 6 nitrogen and oxygen atoms in total. The summed E-state index contributed by atoms with van der Waals surface area (Å²) in [5, 5.41) is 0. The molecule has 0 rings (SSSR count). The van der Waals surface area contributed by atoms with E-state index in [1.807, 2.05) is 0 Å². The summed E-state index contributed by atoms with van der Waals surface area (Å²) in [7, 11) is 5.09. The van der Waals surface area contributed by atoms with Crippen LogP contribution >= 0.6 is 0 Å². The van der Waals surface area contributed by atoms with Crippen molar-refractivity contribution in [1.29, 1.82) is 0 Å². The number of hydrogen-bond acceptors (Lipinski definition) is 6. The average Bonchev–Trinajstić information content (AvgIpc) is 2.50. The van der Waals surface area contributed by atoms with Crippen molar-refractivity contribution in [3.63, 3.8) is 0 Å². The van der Waals surface area contributed by atoms with E-state index in [4.69, 9.17) is 23.4 Å². The van der Waals surface area contributed by atoms with E-state index in [0.717, 1.165) is 19.3 Å². The summed E-state index contributed by atoms with van der Waals surface area (Å²) < 4.78 is 33.9. The van der Waals surface area contributed by atoms with Crippen molar-refractivity contribution in [2.75, 3.05) is 61.0 Å². The van der Waals surface area contributed by atoms with Crippen LogP contribution in [0.15, 0.2) is 0 Å². The van der Waals surface area contributed by atoms with E-state index in [0.29, 0.717) is 39.6 Å². The predicted octanol–water partition coefficient (Wildman–Crippen LogP) is 2.88. The third-order valence-corrected chi connectivity index (χ3v) is 13.5. The van der Waals surface area contributed by atoms with Crippen LogP contribution in [0.3, 0.4) is 0 Å². The van der Waals surface area contributed by atoms with E-state index in [2.05, 4.69) is 20.8 Å². The molecule has 0 aromatic heterocycles. The Kier molecular flexibility index (Phi) is 14.1. The Morgan fingerprint density at radius 1 is 0.565 bits per heavy atom. The summed E-state index contributed by atoms with van der Waals surface area (Å²) in [5.41, 5.74) is 0. The first-order chi connectivity index (χ1) is 10.9. The first kappa shape index (κ1) is 23.6. The maximum atomic E-state index is 6.26. The number of methoxy groups -OCH3 is 3. The molecule has 0 saturated carbocycles. The van der Waals surface area contributed by atoms with Crippen LogP contribution in [0.25, 0.3) is 0 Å². The summed E-state index contributed by atoms with van der Waals surface area (Å²) in [4.78, 5) is 0. The Bertz CT molecular complexity index is 239. The van der Waals surface area contributed by atoms with Gasteiger partial charge in [0.25, 0.3) is 0 Å². The molecule has 0 fully saturated rings. The summed E-state index contributed by atoms with van der Waals surface area (Å²) in [5.74, 6) is 0. The molecule has 0 amide bonds. The van der Waals surface area contributed by atoms with Crippen molar-refractivity contribution >= 4 is 19.6 Å². The Hall–Kier alpha value is 0.559. The van der Waals surface area contributed by atoms with Crippen LogP contribution in [-0.4, -0.2) is 80.6 Å². The van der Waals surface area contributed by atoms with Crippen molar-refractivity contribution < 1.29 is 23.4 Å². The Morgan fingerprint density at radius 3 is 1.09 bits per heavy atom. The molecule has 0 unspecified atom stereocenters. The zero-order valence-electron chi connectivity index (χ0n) is 15.8. The minimum absolute atomic E-state index is 0.123. The normalized spacial score (nSPS) is 12.8. The monoisotopic (exact) mass is 444 g/mol. The molecule has 7 heteroatoms. The summed E-state index contributed by atoms with van der Waals surface area (Å²) in [6.07, 6.45) is 2.52. The van der Waals surface area contributed by atoms with Gasteiger partial charge in [0.2, 0.25) is 0 Å². The molecule has 0 aliphatic heterocycles. The summed E-state index contributed by atoms with van der Waals surface area (Å²) in [6, 6.07) is 0. The van der Waals surface area contributed by atoms with E-state index in [-0.39, 0.29) is 3.43 Å². The number of ether oxygens (including phenoxy) is 3. The Labute approximate surface area is 147 Å². The van der Waals surface area contributed by atoms with E-state index in [1.54, 1.807) is 21.3 Å². The fraction of sp³-hybridized carbons (Fsp3) is 1.00. The van der Waals surface area contributed by atoms with Gasteiger partial charge in [-0.1, -0.05) is 0 Å². The molecular formula is C16H36O6Sn. The zero-order chi connectivity index (χ0) is 17.6. The van der Waals surface area contributed by atoms with Crippen molar-refractivity contribution in [1.82, 2.24) is 0 Å². The van der Waals surface area contributed by atoms with Gasteiger partial charge in [-0.05, 0) is 0 Å². The van der Waals surface area contributed by atoms with Crippen LogP contribution in [-0.2, 0) is 23.4 Å². The SMILES string of the molecule is COCCC[O][Sn]([O]CCCOC)([O]CCCOC)[C](C)(C)C. The van der Waals surface area contributed by atoms with Gasteiger partial charge >= 0.3 is 147 Å². The molecule has 0 bridgehead atoms. The molecule has 23 heavy (non-hydrogen) atoms. The fourth-order valence-electron chi connectivity index (χ4n) is 2.00. The van der Waals surface area contributed by atoms with Gasteiger partial charge < -0.3 is 0 Å². The van der Waals surface area contributed by atoms with Crippen molar-refractivity contribution in [2.45, 2.75) is 43.5 Å². The summed E-state index contributed by atoms with van der Waals surface area (Å²) >= 11 is -3.70. The molecule has 0 N–H and O–H groups in total. The second-order valence-electron chi connectivity index (χ2n) is 6.39. The molecular weight excluding hydrogens is 407 g/mol. The predicted molar refractivity (Wildman–Crippen MR) is 92.8 cm³/mol. The summed E-state index contributed by atoms with van der Waals surface area (Å²) in [6.45, 7) is 10.3. The molecule has 0 atom stereocenters. The number of hydrogen-bond donors (Lipinski definition) is 0. The van der Waals surface area contributed by atoms with Gasteiger partial charge in [-0.3, -0.25) is 0 Å². The van der Waals surface area contributed by atoms with Crippen LogP contribution < -0.4 is 0 Å². The van der Waals surface area contributed by atoms with Crippen LogP contribution in [0.1, 0.15) is 40.0 Å². The second-order valence-corrected chi connectivity index (χ2v) is 16.3. The van der Waals surface area contributed by atoms with Gasteiger partial charge in [-0.15, -0.1) is 0 Å². The van der Waals surface area contributed by atoms with Crippen LogP contribution in [0.4, 0.5) is 0 Å². The van der Waals surface area contributed by atoms with Gasteiger partial charge in [0.1, 0.15) is 0 Å². The van der Waals surface area contributed by atoms with E-state index < -0.39 is 19.6 Å². The van der Waals surface area contributed by atoms with Gasteiger partial charge in [0.05, 0.1) is 0 Å². The first-order valence-corrected chi connectivity index (χ1v) is 13.2. The second kappa shape index (κ2) is 13.8. The van der Waals surface area contributed by atoms with Crippen molar-refractivity contribution in [3.05, 3.63) is 0 Å². The third-order valence-electron chi connectivity index (χ3n) is 3.27. The van der Waals surface area contributed by atoms with Crippen molar-refractivity contribution in [3.8, 4) is 0 Å². The first-order valence-electron chi connectivity index (χ1n) is 8.32. The third kappa shape index (κ3) is 10.2. The molecule has 0 heterocycles. The van der Waals surface area contributed by atoms with Gasteiger partial charge in [-0.2, -0.15) is 0 Å². The Balaban J connectivity index is 4.74. The van der Waals surface area contributed by atoms with Crippen LogP contribution in [0, 0.1) is 0 Å². The van der Waals surface area contributed by atoms with E-state index in [1.165, 1.54) is 0 Å². The molecule has 0 aliphatic carbocycles. The molecule has 0 aromatic carbocycles. The molecule has 0 aliphatic rings. The van der Waals surface area contributed by atoms with Gasteiger partial charge in [0.15, 0.2) is 0 Å². The quantitative estimate of drug-likeness (QED) is 0.287. The zero-order valence-corrected chi connectivity index (χ0v) is 18.7. The standard InChI is InChI=1S/3C4H9O2.C4H9.Sn/c3*1-6-4-2-3-5;1-4(2)3;/h3*2-4H2,1H3;1-3H3;/q3*-1;;+3. The molecule has 0 spiro atoms. The van der Waals surface area contributed by atoms with Gasteiger partial charge in [0, 0.05) is 0 Å².